The van der Waals surface area contributed by atoms with Crippen LogP contribution in [-0.4, -0.2) is 108 Å². The quantitative estimate of drug-likeness (QED) is 0.0159. The molecular formula is C48H94NO12P. The summed E-state index contributed by atoms with van der Waals surface area (Å²) in [5, 5.41) is 74.5. The van der Waals surface area contributed by atoms with Crippen molar-refractivity contribution in [2.45, 2.75) is 281 Å². The highest BCUT2D eigenvalue weighted by Gasteiger charge is 2.51. The minimum atomic E-state index is -5.13. The van der Waals surface area contributed by atoms with Crippen molar-refractivity contribution in [1.82, 2.24) is 5.32 Å². The van der Waals surface area contributed by atoms with Gasteiger partial charge in [-0.3, -0.25) is 13.8 Å². The van der Waals surface area contributed by atoms with Crippen molar-refractivity contribution < 1.29 is 59.0 Å². The summed E-state index contributed by atoms with van der Waals surface area (Å²) < 4.78 is 22.9. The number of rotatable bonds is 42. The van der Waals surface area contributed by atoms with Gasteiger partial charge in [0.05, 0.1) is 31.3 Å². The van der Waals surface area contributed by atoms with Gasteiger partial charge in [0.2, 0.25) is 5.91 Å². The van der Waals surface area contributed by atoms with Crippen LogP contribution in [0.15, 0.2) is 12.2 Å². The first-order chi connectivity index (χ1) is 29.8. The topological polar surface area (TPSA) is 226 Å². The maximum Gasteiger partial charge on any atom is 0.472 e. The number of allylic oxidation sites excluding steroid dienone is 1. The van der Waals surface area contributed by atoms with Gasteiger partial charge in [0.1, 0.15) is 36.6 Å². The molecule has 0 aromatic rings. The lowest BCUT2D eigenvalue weighted by Gasteiger charge is -2.41. The largest absolute Gasteiger partial charge is 0.472 e. The summed E-state index contributed by atoms with van der Waals surface area (Å²) in [6.07, 6.45) is 27.4. The van der Waals surface area contributed by atoms with E-state index in [2.05, 4.69) is 19.2 Å². The van der Waals surface area contributed by atoms with E-state index in [1.807, 2.05) is 0 Å². The summed E-state index contributed by atoms with van der Waals surface area (Å²) in [5.74, 6) is -0.590. The van der Waals surface area contributed by atoms with Crippen LogP contribution in [0.5, 0.6) is 0 Å². The summed E-state index contributed by atoms with van der Waals surface area (Å²) in [7, 11) is -5.13. The number of aliphatic hydroxyl groups is 7. The molecular weight excluding hydrogens is 813 g/mol. The average molecular weight is 908 g/mol. The van der Waals surface area contributed by atoms with Crippen LogP contribution in [0.4, 0.5) is 0 Å². The molecule has 1 rings (SSSR count). The van der Waals surface area contributed by atoms with Gasteiger partial charge in [-0.2, -0.15) is 0 Å². The Balaban J connectivity index is 2.41. The monoisotopic (exact) mass is 908 g/mol. The molecule has 14 heteroatoms. The van der Waals surface area contributed by atoms with Gasteiger partial charge in [0.25, 0.3) is 0 Å². The van der Waals surface area contributed by atoms with E-state index < -0.39 is 75.2 Å². The molecule has 368 valence electrons. The second-order valence-corrected chi connectivity index (χ2v) is 19.6. The summed E-state index contributed by atoms with van der Waals surface area (Å²) >= 11 is 0. The highest BCUT2D eigenvalue weighted by atomic mass is 31.2. The van der Waals surface area contributed by atoms with Gasteiger partial charge >= 0.3 is 7.82 Å². The Labute approximate surface area is 376 Å². The van der Waals surface area contributed by atoms with E-state index in [9.17, 15) is 50.0 Å². The van der Waals surface area contributed by atoms with Crippen molar-refractivity contribution in [2.75, 3.05) is 6.61 Å². The highest BCUT2D eigenvalue weighted by Crippen LogP contribution is 2.47. The maximum absolute atomic E-state index is 13.0. The van der Waals surface area contributed by atoms with Crippen molar-refractivity contribution in [3.63, 3.8) is 0 Å². The molecule has 1 saturated carbocycles. The number of hydrogen-bond donors (Lipinski definition) is 9. The summed E-state index contributed by atoms with van der Waals surface area (Å²) in [5.41, 5.74) is 0. The normalized spacial score (nSPS) is 23.1. The second-order valence-electron chi connectivity index (χ2n) is 18.2. The lowest BCUT2D eigenvalue weighted by Crippen LogP contribution is -2.64. The van der Waals surface area contributed by atoms with Crippen LogP contribution < -0.4 is 5.32 Å². The first-order valence-electron chi connectivity index (χ1n) is 25.2. The number of amides is 1. The molecule has 13 nitrogen and oxygen atoms in total. The number of hydrogen-bond acceptors (Lipinski definition) is 11. The first kappa shape index (κ1) is 59.1. The Morgan fingerprint density at radius 3 is 1.32 bits per heavy atom. The standard InChI is InChI=1S/C48H94NO12P/c1-3-5-7-9-11-13-15-16-17-18-19-20-21-22-23-24-26-27-29-31-33-35-39(50)37-42(52)49-40(41(51)36-34-32-30-28-25-14-12-10-8-6-4-2)38-60-62(58,59)61-48-46(56)44(54)43(53)45(55)47(48)57/h34,36,39-41,43-48,50-51,53-57H,3-33,35,37-38H2,1-2H3,(H,49,52)(H,58,59)/b36-34+. The van der Waals surface area contributed by atoms with Crippen molar-refractivity contribution in [1.29, 1.82) is 0 Å². The molecule has 1 aliphatic rings. The number of phosphoric ester groups is 1. The number of carbonyl (C=O) groups excluding carboxylic acids is 1. The smallest absolute Gasteiger partial charge is 0.393 e. The predicted molar refractivity (Wildman–Crippen MR) is 247 cm³/mol. The van der Waals surface area contributed by atoms with Gasteiger partial charge in [0, 0.05) is 0 Å². The number of nitrogens with one attached hydrogen (secondary N) is 1. The SMILES string of the molecule is CCCCCCCCCCC/C=C/C(O)C(COP(=O)(O)OC1C(O)C(O)C(O)C(O)C1O)NC(=O)CC(O)CCCCCCCCCCCCCCCCCCCCCCC. The van der Waals surface area contributed by atoms with Crippen LogP contribution in [0.25, 0.3) is 0 Å². The molecule has 0 heterocycles. The molecule has 1 aliphatic carbocycles. The summed E-state index contributed by atoms with van der Waals surface area (Å²) in [6, 6.07) is -1.23. The Kier molecular flexibility index (Phi) is 36.4. The third-order valence-electron chi connectivity index (χ3n) is 12.4. The molecule has 9 N–H and O–H groups in total. The van der Waals surface area contributed by atoms with Crippen LogP contribution in [0, 0.1) is 0 Å². The van der Waals surface area contributed by atoms with Gasteiger partial charge in [-0.05, 0) is 19.3 Å². The van der Waals surface area contributed by atoms with Crippen LogP contribution in [0.1, 0.15) is 226 Å². The highest BCUT2D eigenvalue weighted by molar-refractivity contribution is 7.47. The number of unbranched alkanes of at least 4 members (excludes halogenated alkanes) is 29. The number of phosphoric acid groups is 1. The zero-order valence-electron chi connectivity index (χ0n) is 39.1. The fourth-order valence-electron chi connectivity index (χ4n) is 8.24. The Bertz CT molecular complexity index is 1120. The molecule has 62 heavy (non-hydrogen) atoms. The van der Waals surface area contributed by atoms with E-state index in [0.29, 0.717) is 12.8 Å². The Morgan fingerprint density at radius 1 is 0.565 bits per heavy atom. The zero-order valence-corrected chi connectivity index (χ0v) is 39.9. The lowest BCUT2D eigenvalue weighted by atomic mass is 9.85. The molecule has 0 spiro atoms. The minimum Gasteiger partial charge on any atom is -0.393 e. The molecule has 8 unspecified atom stereocenters. The molecule has 8 atom stereocenters. The average Bonchev–Trinajstić information content (AvgIpc) is 3.24. The van der Waals surface area contributed by atoms with E-state index in [-0.39, 0.29) is 6.42 Å². The van der Waals surface area contributed by atoms with Crippen LogP contribution in [0.2, 0.25) is 0 Å². The molecule has 0 aliphatic heterocycles. The van der Waals surface area contributed by atoms with Crippen molar-refractivity contribution in [3.8, 4) is 0 Å². The Hall–Kier alpha value is -0.960. The molecule has 0 aromatic heterocycles. The van der Waals surface area contributed by atoms with Crippen molar-refractivity contribution in [3.05, 3.63) is 12.2 Å². The molecule has 0 bridgehead atoms. The van der Waals surface area contributed by atoms with Gasteiger partial charge in [-0.25, -0.2) is 4.57 Å². The molecule has 0 radical (unpaired) electrons. The van der Waals surface area contributed by atoms with E-state index in [1.54, 1.807) is 6.08 Å². The van der Waals surface area contributed by atoms with E-state index in [4.69, 9.17) is 9.05 Å². The summed E-state index contributed by atoms with van der Waals surface area (Å²) in [6.45, 7) is 3.74. The Morgan fingerprint density at radius 2 is 0.919 bits per heavy atom. The first-order valence-corrected chi connectivity index (χ1v) is 26.7. The maximum atomic E-state index is 13.0. The van der Waals surface area contributed by atoms with E-state index >= 15 is 0 Å². The fourth-order valence-corrected chi connectivity index (χ4v) is 9.21. The third kappa shape index (κ3) is 29.5. The lowest BCUT2D eigenvalue weighted by molar-refractivity contribution is -0.220. The number of aliphatic hydroxyl groups excluding tert-OH is 7. The zero-order chi connectivity index (χ0) is 45.9. The van der Waals surface area contributed by atoms with Gasteiger partial charge in [0.15, 0.2) is 0 Å². The molecule has 0 saturated heterocycles. The molecule has 1 fully saturated rings. The van der Waals surface area contributed by atoms with Crippen molar-refractivity contribution in [2.24, 2.45) is 0 Å². The van der Waals surface area contributed by atoms with Gasteiger partial charge in [-0.15, -0.1) is 0 Å². The van der Waals surface area contributed by atoms with E-state index in [0.717, 1.165) is 44.9 Å². The molecule has 1 amide bonds. The van der Waals surface area contributed by atoms with Crippen LogP contribution in [0.3, 0.4) is 0 Å². The fraction of sp³-hybridized carbons (Fsp3) is 0.938. The second kappa shape index (κ2) is 38.2. The molecule has 0 aromatic carbocycles. The van der Waals surface area contributed by atoms with Gasteiger partial charge < -0.3 is 46.0 Å². The van der Waals surface area contributed by atoms with Crippen LogP contribution >= 0.6 is 7.82 Å². The van der Waals surface area contributed by atoms with Gasteiger partial charge in [-0.1, -0.05) is 212 Å². The minimum absolute atomic E-state index is 0.240. The van der Waals surface area contributed by atoms with Crippen molar-refractivity contribution >= 4 is 13.7 Å². The van der Waals surface area contributed by atoms with E-state index in [1.165, 1.54) is 154 Å². The number of carbonyl (C=O) groups is 1. The van der Waals surface area contributed by atoms with Crippen LogP contribution in [-0.2, 0) is 18.4 Å². The summed E-state index contributed by atoms with van der Waals surface area (Å²) in [4.78, 5) is 23.4. The predicted octanol–water partition coefficient (Wildman–Crippen LogP) is 8.98. The third-order valence-corrected chi connectivity index (χ3v) is 13.4.